The Morgan fingerprint density at radius 2 is 2.21 bits per heavy atom. The van der Waals surface area contributed by atoms with Crippen LogP contribution in [-0.4, -0.2) is 46.0 Å². The van der Waals surface area contributed by atoms with Crippen LogP contribution in [0.3, 0.4) is 0 Å². The molecule has 1 fully saturated rings. The molecule has 7 nitrogen and oxygen atoms in total. The molecular formula is C11H17ClN4O3. The minimum absolute atomic E-state index is 0. The number of nitrogens with zero attached hydrogens (tertiary/aromatic N) is 2. The van der Waals surface area contributed by atoms with Gasteiger partial charge in [0.05, 0.1) is 0 Å². The topological polar surface area (TPSA) is 87.2 Å². The van der Waals surface area contributed by atoms with Crippen molar-refractivity contribution < 1.29 is 4.79 Å². The smallest absolute Gasteiger partial charge is 0.328 e. The summed E-state index contributed by atoms with van der Waals surface area (Å²) in [5, 5.41) is 3.19. The van der Waals surface area contributed by atoms with E-state index >= 15 is 0 Å². The van der Waals surface area contributed by atoms with Gasteiger partial charge in [0, 0.05) is 37.9 Å². The summed E-state index contributed by atoms with van der Waals surface area (Å²) in [7, 11) is 0. The molecule has 19 heavy (non-hydrogen) atoms. The third-order valence-corrected chi connectivity index (χ3v) is 3.02. The van der Waals surface area contributed by atoms with Crippen LogP contribution in [0.5, 0.6) is 0 Å². The molecule has 1 amide bonds. The predicted octanol–water partition coefficient (Wildman–Crippen LogP) is -1.22. The molecule has 0 radical (unpaired) electrons. The molecule has 106 valence electrons. The van der Waals surface area contributed by atoms with Gasteiger partial charge in [-0.15, -0.1) is 12.4 Å². The van der Waals surface area contributed by atoms with Crippen LogP contribution < -0.4 is 16.6 Å². The van der Waals surface area contributed by atoms with Crippen molar-refractivity contribution in [2.75, 3.05) is 19.6 Å². The molecule has 1 atom stereocenters. The lowest BCUT2D eigenvalue weighted by Gasteiger charge is -2.34. The lowest BCUT2D eigenvalue weighted by atomic mass is 10.2. The predicted molar refractivity (Wildman–Crippen MR) is 72.6 cm³/mol. The second-order valence-electron chi connectivity index (χ2n) is 4.38. The standard InChI is InChI=1S/C11H16N4O3.ClH/c1-8-6-12-3-5-15(8)10(17)7-14-4-2-9(16)13-11(14)18;/h2,4,8,12H,3,5-7H2,1H3,(H,13,16,18);1H/t8-;/m0./s1. The Hall–Kier alpha value is -1.60. The van der Waals surface area contributed by atoms with Crippen molar-refractivity contribution in [1.82, 2.24) is 19.8 Å². The number of nitrogens with one attached hydrogen (secondary N) is 2. The summed E-state index contributed by atoms with van der Waals surface area (Å²) in [5.41, 5.74) is -1.02. The van der Waals surface area contributed by atoms with Gasteiger partial charge in [-0.05, 0) is 6.92 Å². The van der Waals surface area contributed by atoms with Crippen LogP contribution in [0.2, 0.25) is 0 Å². The van der Waals surface area contributed by atoms with E-state index in [1.54, 1.807) is 4.90 Å². The fourth-order valence-electron chi connectivity index (χ4n) is 2.02. The second-order valence-corrected chi connectivity index (χ2v) is 4.38. The third-order valence-electron chi connectivity index (χ3n) is 3.02. The molecule has 0 aromatic carbocycles. The first-order valence-electron chi connectivity index (χ1n) is 5.88. The molecule has 8 heteroatoms. The van der Waals surface area contributed by atoms with E-state index in [4.69, 9.17) is 0 Å². The van der Waals surface area contributed by atoms with Gasteiger partial charge >= 0.3 is 5.69 Å². The van der Waals surface area contributed by atoms with Crippen molar-refractivity contribution in [3.63, 3.8) is 0 Å². The summed E-state index contributed by atoms with van der Waals surface area (Å²) in [5.74, 6) is -0.113. The number of aromatic amines is 1. The van der Waals surface area contributed by atoms with E-state index in [-0.39, 0.29) is 30.9 Å². The number of hydrogen-bond acceptors (Lipinski definition) is 4. The highest BCUT2D eigenvalue weighted by Crippen LogP contribution is 2.03. The minimum atomic E-state index is -0.557. The first-order valence-corrected chi connectivity index (χ1v) is 5.88. The van der Waals surface area contributed by atoms with E-state index in [0.717, 1.165) is 13.1 Å². The molecule has 2 rings (SSSR count). The van der Waals surface area contributed by atoms with Crippen LogP contribution in [-0.2, 0) is 11.3 Å². The fourth-order valence-corrected chi connectivity index (χ4v) is 2.02. The van der Waals surface area contributed by atoms with Gasteiger partial charge in [-0.25, -0.2) is 4.79 Å². The number of hydrogen-bond donors (Lipinski definition) is 2. The van der Waals surface area contributed by atoms with Crippen LogP contribution in [0.15, 0.2) is 21.9 Å². The fraction of sp³-hybridized carbons (Fsp3) is 0.545. The Bertz CT molecular complexity index is 553. The summed E-state index contributed by atoms with van der Waals surface area (Å²) >= 11 is 0. The van der Waals surface area contributed by atoms with Crippen molar-refractivity contribution >= 4 is 18.3 Å². The van der Waals surface area contributed by atoms with Crippen LogP contribution >= 0.6 is 12.4 Å². The normalized spacial score (nSPS) is 18.8. The highest BCUT2D eigenvalue weighted by Gasteiger charge is 2.23. The summed E-state index contributed by atoms with van der Waals surface area (Å²) < 4.78 is 1.21. The van der Waals surface area contributed by atoms with Crippen molar-refractivity contribution in [1.29, 1.82) is 0 Å². The van der Waals surface area contributed by atoms with Crippen LogP contribution in [0.1, 0.15) is 6.92 Å². The number of aromatic nitrogens is 2. The van der Waals surface area contributed by atoms with Crippen molar-refractivity contribution in [2.45, 2.75) is 19.5 Å². The highest BCUT2D eigenvalue weighted by atomic mass is 35.5. The quantitative estimate of drug-likeness (QED) is 0.714. The van der Waals surface area contributed by atoms with Crippen LogP contribution in [0.4, 0.5) is 0 Å². The molecule has 0 spiro atoms. The Morgan fingerprint density at radius 3 is 2.84 bits per heavy atom. The summed E-state index contributed by atoms with van der Waals surface area (Å²) in [6.45, 7) is 4.07. The number of rotatable bonds is 2. The Balaban J connectivity index is 0.00000180. The summed E-state index contributed by atoms with van der Waals surface area (Å²) in [4.78, 5) is 38.3. The van der Waals surface area contributed by atoms with Crippen molar-refractivity contribution in [3.05, 3.63) is 33.1 Å². The molecule has 0 aliphatic carbocycles. The van der Waals surface area contributed by atoms with Crippen molar-refractivity contribution in [2.24, 2.45) is 0 Å². The van der Waals surface area contributed by atoms with Gasteiger partial charge in [-0.2, -0.15) is 0 Å². The number of carbonyl (C=O) groups is 1. The number of piperazine rings is 1. The third kappa shape index (κ3) is 3.68. The molecule has 1 aromatic heterocycles. The van der Waals surface area contributed by atoms with E-state index in [1.165, 1.54) is 16.8 Å². The first kappa shape index (κ1) is 15.5. The SMILES string of the molecule is C[C@H]1CNCCN1C(=O)Cn1ccc(=O)[nH]c1=O.Cl. The average Bonchev–Trinajstić information content (AvgIpc) is 2.33. The average molecular weight is 289 g/mol. The number of amides is 1. The molecule has 0 saturated carbocycles. The maximum absolute atomic E-state index is 12.1. The number of halogens is 1. The van der Waals surface area contributed by atoms with E-state index in [9.17, 15) is 14.4 Å². The van der Waals surface area contributed by atoms with E-state index in [2.05, 4.69) is 10.3 Å². The van der Waals surface area contributed by atoms with Gasteiger partial charge in [0.1, 0.15) is 6.54 Å². The molecule has 0 unspecified atom stereocenters. The molecule has 1 aliphatic heterocycles. The van der Waals surface area contributed by atoms with Crippen LogP contribution in [0, 0.1) is 0 Å². The molecule has 0 bridgehead atoms. The Kier molecular flexibility index (Phi) is 5.31. The zero-order valence-electron chi connectivity index (χ0n) is 10.6. The maximum Gasteiger partial charge on any atom is 0.328 e. The molecule has 1 saturated heterocycles. The lowest BCUT2D eigenvalue weighted by molar-refractivity contribution is -0.134. The minimum Gasteiger partial charge on any atom is -0.336 e. The second kappa shape index (κ2) is 6.53. The first-order chi connectivity index (χ1) is 8.58. The van der Waals surface area contributed by atoms with Crippen LogP contribution in [0.25, 0.3) is 0 Å². The molecule has 1 aromatic rings. The zero-order valence-corrected chi connectivity index (χ0v) is 11.4. The molecule has 2 heterocycles. The van der Waals surface area contributed by atoms with Gasteiger partial charge in [0.25, 0.3) is 5.56 Å². The van der Waals surface area contributed by atoms with Gasteiger partial charge in [-0.3, -0.25) is 19.1 Å². The van der Waals surface area contributed by atoms with Gasteiger partial charge in [0.2, 0.25) is 5.91 Å². The summed E-state index contributed by atoms with van der Waals surface area (Å²) in [6, 6.07) is 1.35. The molecular weight excluding hydrogens is 272 g/mol. The summed E-state index contributed by atoms with van der Waals surface area (Å²) in [6.07, 6.45) is 1.34. The van der Waals surface area contributed by atoms with E-state index < -0.39 is 11.2 Å². The van der Waals surface area contributed by atoms with E-state index in [1.807, 2.05) is 6.92 Å². The van der Waals surface area contributed by atoms with Gasteiger partial charge in [-0.1, -0.05) is 0 Å². The molecule has 2 N–H and O–H groups in total. The number of H-pyrrole nitrogens is 1. The Labute approximate surface area is 116 Å². The zero-order chi connectivity index (χ0) is 13.1. The van der Waals surface area contributed by atoms with Crippen molar-refractivity contribution in [3.8, 4) is 0 Å². The van der Waals surface area contributed by atoms with E-state index in [0.29, 0.717) is 6.54 Å². The Morgan fingerprint density at radius 1 is 1.47 bits per heavy atom. The highest BCUT2D eigenvalue weighted by molar-refractivity contribution is 5.85. The maximum atomic E-state index is 12.1. The van der Waals surface area contributed by atoms with Gasteiger partial charge < -0.3 is 10.2 Å². The number of carbonyl (C=O) groups excluding carboxylic acids is 1. The van der Waals surface area contributed by atoms with Gasteiger partial charge in [0.15, 0.2) is 0 Å². The monoisotopic (exact) mass is 288 g/mol. The molecule has 1 aliphatic rings. The largest absolute Gasteiger partial charge is 0.336 e. The lowest BCUT2D eigenvalue weighted by Crippen LogP contribution is -2.53.